The summed E-state index contributed by atoms with van der Waals surface area (Å²) >= 11 is 5.23. The molecule has 0 spiro atoms. The Kier molecular flexibility index (Phi) is 3.11. The van der Waals surface area contributed by atoms with Gasteiger partial charge < -0.3 is 10.8 Å². The summed E-state index contributed by atoms with van der Waals surface area (Å²) in [5, 5.41) is 8.39. The number of rotatable bonds is 1. The van der Waals surface area contributed by atoms with Gasteiger partial charge >= 0.3 is 6.18 Å². The van der Waals surface area contributed by atoms with Crippen LogP contribution in [0.4, 0.5) is 17.6 Å². The van der Waals surface area contributed by atoms with Crippen molar-refractivity contribution in [1.29, 1.82) is 0 Å². The van der Waals surface area contributed by atoms with Gasteiger partial charge in [0.05, 0.1) is 0 Å². The minimum atomic E-state index is -4.72. The fourth-order valence-electron chi connectivity index (χ4n) is 0.982. The Hall–Kier alpha value is -1.01. The molecule has 0 aliphatic heterocycles. The molecule has 0 aliphatic rings. The number of nitrogens with two attached hydrogens (primary N) is 1. The van der Waals surface area contributed by atoms with Gasteiger partial charge in [0.15, 0.2) is 0 Å². The lowest BCUT2D eigenvalue weighted by molar-refractivity contribution is -0.149. The molecule has 7 heteroatoms. The first kappa shape index (κ1) is 12.1. The van der Waals surface area contributed by atoms with Crippen molar-refractivity contribution in [2.45, 2.75) is 12.2 Å². The van der Waals surface area contributed by atoms with Crippen molar-refractivity contribution >= 4 is 11.6 Å². The molecule has 0 saturated carbocycles. The van der Waals surface area contributed by atoms with Gasteiger partial charge in [-0.1, -0.05) is 17.7 Å². The lowest BCUT2D eigenvalue weighted by Gasteiger charge is -2.17. The van der Waals surface area contributed by atoms with Gasteiger partial charge in [-0.05, 0) is 6.07 Å². The molecule has 1 aromatic rings. The predicted molar refractivity (Wildman–Crippen MR) is 46.1 cm³/mol. The van der Waals surface area contributed by atoms with Crippen molar-refractivity contribution in [1.82, 2.24) is 0 Å². The summed E-state index contributed by atoms with van der Waals surface area (Å²) in [5.74, 6) is -1.99. The van der Waals surface area contributed by atoms with Gasteiger partial charge in [0.2, 0.25) is 0 Å². The standard InChI is InChI=1S/C8H6ClF4NO/c9-5-4(10)2-1-3(6(5)15)7(14)8(11,12)13/h1-2,7,15H,14H2/t7-/m0/s1. The van der Waals surface area contributed by atoms with Gasteiger partial charge in [-0.15, -0.1) is 0 Å². The average Bonchev–Trinajstić information content (AvgIpc) is 2.12. The van der Waals surface area contributed by atoms with Gasteiger partial charge in [0, 0.05) is 5.56 Å². The number of benzene rings is 1. The van der Waals surface area contributed by atoms with Crippen LogP contribution in [0.1, 0.15) is 11.6 Å². The van der Waals surface area contributed by atoms with Crippen LogP contribution in [-0.4, -0.2) is 11.3 Å². The zero-order chi connectivity index (χ0) is 11.8. The highest BCUT2D eigenvalue weighted by atomic mass is 35.5. The zero-order valence-corrected chi connectivity index (χ0v) is 7.90. The van der Waals surface area contributed by atoms with E-state index in [1.54, 1.807) is 0 Å². The predicted octanol–water partition coefficient (Wildman–Crippen LogP) is 2.75. The molecule has 0 amide bonds. The summed E-state index contributed by atoms with van der Waals surface area (Å²) in [4.78, 5) is 0. The molecular weight excluding hydrogens is 238 g/mol. The number of phenolic OH excluding ortho intramolecular Hbond substituents is 1. The molecule has 15 heavy (non-hydrogen) atoms. The van der Waals surface area contributed by atoms with Crippen molar-refractivity contribution in [3.63, 3.8) is 0 Å². The van der Waals surface area contributed by atoms with E-state index in [-0.39, 0.29) is 0 Å². The molecule has 84 valence electrons. The van der Waals surface area contributed by atoms with Crippen LogP contribution in [-0.2, 0) is 0 Å². The first-order chi connectivity index (χ1) is 6.75. The summed E-state index contributed by atoms with van der Waals surface area (Å²) in [6.45, 7) is 0. The minimum Gasteiger partial charge on any atom is -0.506 e. The van der Waals surface area contributed by atoms with Crippen LogP contribution < -0.4 is 5.73 Å². The third-order valence-electron chi connectivity index (χ3n) is 1.79. The third kappa shape index (κ3) is 2.32. The second-order valence-electron chi connectivity index (χ2n) is 2.82. The Balaban J connectivity index is 3.23. The molecule has 3 N–H and O–H groups in total. The van der Waals surface area contributed by atoms with E-state index in [1.165, 1.54) is 0 Å². The van der Waals surface area contributed by atoms with Crippen molar-refractivity contribution < 1.29 is 22.7 Å². The second-order valence-corrected chi connectivity index (χ2v) is 3.20. The summed E-state index contributed by atoms with van der Waals surface area (Å²) in [6.07, 6.45) is -4.72. The summed E-state index contributed by atoms with van der Waals surface area (Å²) in [7, 11) is 0. The number of phenols is 1. The van der Waals surface area contributed by atoms with Crippen LogP contribution in [0.5, 0.6) is 5.75 Å². The summed E-state index contributed by atoms with van der Waals surface area (Å²) in [6, 6.07) is -0.937. The minimum absolute atomic E-state index is 0.658. The van der Waals surface area contributed by atoms with Crippen LogP contribution in [0.25, 0.3) is 0 Å². The Morgan fingerprint density at radius 1 is 1.33 bits per heavy atom. The smallest absolute Gasteiger partial charge is 0.407 e. The molecule has 1 atom stereocenters. The van der Waals surface area contributed by atoms with Crippen LogP contribution in [0.15, 0.2) is 12.1 Å². The second kappa shape index (κ2) is 3.86. The molecule has 1 rings (SSSR count). The molecule has 0 aliphatic carbocycles. The Bertz CT molecular complexity index is 380. The third-order valence-corrected chi connectivity index (χ3v) is 2.15. The van der Waals surface area contributed by atoms with Crippen molar-refractivity contribution in [3.05, 3.63) is 28.5 Å². The summed E-state index contributed by atoms with van der Waals surface area (Å²) in [5.41, 5.74) is 4.17. The van der Waals surface area contributed by atoms with Gasteiger partial charge in [-0.25, -0.2) is 4.39 Å². The highest BCUT2D eigenvalue weighted by Crippen LogP contribution is 2.39. The monoisotopic (exact) mass is 243 g/mol. The van der Waals surface area contributed by atoms with Gasteiger partial charge in [0.1, 0.15) is 22.6 Å². The van der Waals surface area contributed by atoms with E-state index < -0.39 is 34.4 Å². The highest BCUT2D eigenvalue weighted by Gasteiger charge is 2.39. The summed E-state index contributed by atoms with van der Waals surface area (Å²) < 4.78 is 49.2. The molecule has 0 radical (unpaired) electrons. The molecule has 0 heterocycles. The molecule has 0 fully saturated rings. The van der Waals surface area contributed by atoms with E-state index >= 15 is 0 Å². The number of hydrogen-bond donors (Lipinski definition) is 2. The molecule has 0 unspecified atom stereocenters. The quantitative estimate of drug-likeness (QED) is 0.745. The van der Waals surface area contributed by atoms with Crippen molar-refractivity contribution in [3.8, 4) is 5.75 Å². The maximum atomic E-state index is 12.7. The van der Waals surface area contributed by atoms with Gasteiger partial charge in [-0.3, -0.25) is 0 Å². The van der Waals surface area contributed by atoms with E-state index in [2.05, 4.69) is 0 Å². The normalized spacial score (nSPS) is 14.0. The van der Waals surface area contributed by atoms with E-state index in [0.717, 1.165) is 6.07 Å². The molecular formula is C8H6ClF4NO. The van der Waals surface area contributed by atoms with Crippen molar-refractivity contribution in [2.24, 2.45) is 5.73 Å². The van der Waals surface area contributed by atoms with Gasteiger partial charge in [-0.2, -0.15) is 13.2 Å². The van der Waals surface area contributed by atoms with E-state index in [9.17, 15) is 17.6 Å². The number of halogens is 5. The number of hydrogen-bond acceptors (Lipinski definition) is 2. The topological polar surface area (TPSA) is 46.2 Å². The SMILES string of the molecule is N[C@@H](c1ccc(F)c(Cl)c1O)C(F)(F)F. The Morgan fingerprint density at radius 3 is 2.33 bits per heavy atom. The first-order valence-electron chi connectivity index (χ1n) is 3.74. The van der Waals surface area contributed by atoms with Crippen LogP contribution in [0, 0.1) is 5.82 Å². The molecule has 0 aromatic heterocycles. The van der Waals surface area contributed by atoms with Gasteiger partial charge in [0.25, 0.3) is 0 Å². The van der Waals surface area contributed by atoms with Crippen LogP contribution in [0.2, 0.25) is 5.02 Å². The van der Waals surface area contributed by atoms with Crippen molar-refractivity contribution in [2.75, 3.05) is 0 Å². The Labute approximate surface area is 87.3 Å². The van der Waals surface area contributed by atoms with Crippen LogP contribution in [0.3, 0.4) is 0 Å². The Morgan fingerprint density at radius 2 is 1.87 bits per heavy atom. The molecule has 0 bridgehead atoms. The highest BCUT2D eigenvalue weighted by molar-refractivity contribution is 6.32. The fourth-order valence-corrected chi connectivity index (χ4v) is 1.15. The average molecular weight is 244 g/mol. The van der Waals surface area contributed by atoms with E-state index in [1.807, 2.05) is 0 Å². The van der Waals surface area contributed by atoms with E-state index in [4.69, 9.17) is 22.4 Å². The first-order valence-corrected chi connectivity index (χ1v) is 4.12. The molecule has 0 saturated heterocycles. The molecule has 2 nitrogen and oxygen atoms in total. The largest absolute Gasteiger partial charge is 0.506 e. The number of aromatic hydroxyl groups is 1. The maximum Gasteiger partial charge on any atom is 0.407 e. The lowest BCUT2D eigenvalue weighted by atomic mass is 10.1. The fraction of sp³-hybridized carbons (Fsp3) is 0.250. The van der Waals surface area contributed by atoms with E-state index in [0.29, 0.717) is 6.07 Å². The lowest BCUT2D eigenvalue weighted by Crippen LogP contribution is -2.28. The zero-order valence-electron chi connectivity index (χ0n) is 7.15. The van der Waals surface area contributed by atoms with Crippen LogP contribution >= 0.6 is 11.6 Å². The molecule has 1 aromatic carbocycles. The maximum absolute atomic E-state index is 12.7. The number of alkyl halides is 3.